The van der Waals surface area contributed by atoms with Crippen molar-refractivity contribution >= 4 is 40.7 Å². The molecule has 138 valence electrons. The van der Waals surface area contributed by atoms with Crippen molar-refractivity contribution in [1.29, 1.82) is 0 Å². The zero-order valence-electron chi connectivity index (χ0n) is 14.6. The van der Waals surface area contributed by atoms with Crippen molar-refractivity contribution in [2.24, 2.45) is 0 Å². The van der Waals surface area contributed by atoms with E-state index in [1.165, 1.54) is 18.9 Å². The Morgan fingerprint density at radius 1 is 1.12 bits per heavy atom. The maximum Gasteiger partial charge on any atom is 0.240 e. The molecule has 1 N–H and O–H groups in total. The maximum absolute atomic E-state index is 12.3. The summed E-state index contributed by atoms with van der Waals surface area (Å²) in [7, 11) is 1.50. The number of hydrogen-bond donors (Lipinski definition) is 1. The topological polar surface area (TPSA) is 58.6 Å². The summed E-state index contributed by atoms with van der Waals surface area (Å²) in [4.78, 5) is 25.6. The molecule has 0 heterocycles. The number of nitrogens with one attached hydrogen (secondary N) is 1. The van der Waals surface area contributed by atoms with Crippen LogP contribution in [0.5, 0.6) is 5.75 Å². The first-order chi connectivity index (χ1) is 12.4. The van der Waals surface area contributed by atoms with E-state index in [0.717, 1.165) is 5.56 Å². The first-order valence-electron chi connectivity index (χ1n) is 8.03. The molecule has 0 aliphatic carbocycles. The molecule has 0 saturated carbocycles. The van der Waals surface area contributed by atoms with Crippen molar-refractivity contribution in [3.05, 3.63) is 58.1 Å². The summed E-state index contributed by atoms with van der Waals surface area (Å²) in [6.45, 7) is 1.71. The minimum absolute atomic E-state index is 0.123. The van der Waals surface area contributed by atoms with E-state index in [2.05, 4.69) is 5.32 Å². The average Bonchev–Trinajstić information content (AvgIpc) is 2.59. The molecule has 0 aliphatic rings. The number of nitrogens with zero attached hydrogens (tertiary/aromatic N) is 1. The first-order valence-corrected chi connectivity index (χ1v) is 8.79. The average molecular weight is 395 g/mol. The van der Waals surface area contributed by atoms with Crippen LogP contribution in [0.2, 0.25) is 10.0 Å². The number of rotatable bonds is 7. The van der Waals surface area contributed by atoms with Gasteiger partial charge >= 0.3 is 0 Å². The second-order valence-corrected chi connectivity index (χ2v) is 6.52. The van der Waals surface area contributed by atoms with Gasteiger partial charge in [-0.15, -0.1) is 0 Å². The van der Waals surface area contributed by atoms with Crippen LogP contribution in [-0.2, 0) is 16.0 Å². The lowest BCUT2D eigenvalue weighted by Crippen LogP contribution is -2.40. The second kappa shape index (κ2) is 9.46. The van der Waals surface area contributed by atoms with E-state index in [-0.39, 0.29) is 18.4 Å². The molecular formula is C19H20Cl2N2O3. The molecule has 0 bridgehead atoms. The second-order valence-electron chi connectivity index (χ2n) is 5.65. The van der Waals surface area contributed by atoms with Gasteiger partial charge in [0.25, 0.3) is 0 Å². The fraction of sp³-hybridized carbons (Fsp3) is 0.263. The Morgan fingerprint density at radius 3 is 2.50 bits per heavy atom. The molecule has 26 heavy (non-hydrogen) atoms. The van der Waals surface area contributed by atoms with Gasteiger partial charge in [0.1, 0.15) is 12.3 Å². The lowest BCUT2D eigenvalue weighted by atomic mass is 10.1. The van der Waals surface area contributed by atoms with E-state index in [9.17, 15) is 9.59 Å². The number of hydrogen-bond acceptors (Lipinski definition) is 3. The Labute approximate surface area is 162 Å². The molecule has 2 aromatic rings. The highest BCUT2D eigenvalue weighted by Crippen LogP contribution is 2.31. The van der Waals surface area contributed by atoms with Crippen LogP contribution in [0.25, 0.3) is 0 Å². The highest BCUT2D eigenvalue weighted by molar-refractivity contribution is 6.31. The van der Waals surface area contributed by atoms with Crippen molar-refractivity contribution in [2.45, 2.75) is 13.3 Å². The number of methoxy groups -OCH3 is 1. The van der Waals surface area contributed by atoms with Gasteiger partial charge < -0.3 is 10.1 Å². The Morgan fingerprint density at radius 2 is 1.85 bits per heavy atom. The van der Waals surface area contributed by atoms with Crippen LogP contribution < -0.4 is 15.0 Å². The smallest absolute Gasteiger partial charge is 0.240 e. The third-order valence-corrected chi connectivity index (χ3v) is 4.21. The quantitative estimate of drug-likeness (QED) is 0.778. The molecular weight excluding hydrogens is 375 g/mol. The Balaban J connectivity index is 2.00. The summed E-state index contributed by atoms with van der Waals surface area (Å²) in [6.07, 6.45) is 0.646. The lowest BCUT2D eigenvalue weighted by Gasteiger charge is -2.23. The van der Waals surface area contributed by atoms with Crippen molar-refractivity contribution in [1.82, 2.24) is 5.32 Å². The zero-order chi connectivity index (χ0) is 19.1. The molecule has 2 amide bonds. The van der Waals surface area contributed by atoms with Gasteiger partial charge in [-0.2, -0.15) is 0 Å². The Bertz CT molecular complexity index is 796. The molecule has 0 fully saturated rings. The zero-order valence-corrected chi connectivity index (χ0v) is 16.1. The van der Waals surface area contributed by atoms with E-state index < -0.39 is 0 Å². The number of amides is 2. The highest BCUT2D eigenvalue weighted by Gasteiger charge is 2.19. The molecule has 7 heteroatoms. The molecule has 0 radical (unpaired) electrons. The van der Waals surface area contributed by atoms with Gasteiger partial charge in [-0.3, -0.25) is 14.5 Å². The minimum atomic E-state index is -0.282. The van der Waals surface area contributed by atoms with Gasteiger partial charge in [0, 0.05) is 23.5 Å². The third kappa shape index (κ3) is 5.64. The van der Waals surface area contributed by atoms with E-state index in [4.69, 9.17) is 27.9 Å². The summed E-state index contributed by atoms with van der Waals surface area (Å²) in [5, 5.41) is 3.92. The predicted molar refractivity (Wildman–Crippen MR) is 104 cm³/mol. The van der Waals surface area contributed by atoms with E-state index in [1.54, 1.807) is 24.3 Å². The van der Waals surface area contributed by atoms with Crippen LogP contribution in [0.15, 0.2) is 42.5 Å². The molecule has 0 unspecified atom stereocenters. The summed E-state index contributed by atoms with van der Waals surface area (Å²) >= 11 is 12.0. The number of carbonyl (C=O) groups excluding carboxylic acids is 2. The predicted octanol–water partition coefficient (Wildman–Crippen LogP) is 3.71. The summed E-state index contributed by atoms with van der Waals surface area (Å²) in [5.74, 6) is -0.0869. The number of halogens is 2. The molecule has 0 aliphatic heterocycles. The number of benzene rings is 2. The summed E-state index contributed by atoms with van der Waals surface area (Å²) in [6, 6.07) is 12.4. The van der Waals surface area contributed by atoms with Crippen molar-refractivity contribution in [3.8, 4) is 5.75 Å². The van der Waals surface area contributed by atoms with Crippen LogP contribution >= 0.6 is 23.2 Å². The number of ether oxygens (including phenoxy) is 1. The fourth-order valence-corrected chi connectivity index (χ4v) is 2.86. The monoisotopic (exact) mass is 394 g/mol. The lowest BCUT2D eigenvalue weighted by molar-refractivity contribution is -0.123. The third-order valence-electron chi connectivity index (χ3n) is 3.74. The standard InChI is InChI=1S/C19H20Cl2N2O3/c1-13(24)23(17-11-16(21)6-7-18(17)26-2)12-19(25)22-9-8-14-4-3-5-15(20)10-14/h3-7,10-11H,8-9,12H2,1-2H3,(H,22,25). The van der Waals surface area contributed by atoms with Crippen molar-refractivity contribution in [2.75, 3.05) is 25.1 Å². The van der Waals surface area contributed by atoms with Gasteiger partial charge in [0.2, 0.25) is 11.8 Å². The number of carbonyl (C=O) groups is 2. The molecule has 2 rings (SSSR count). The molecule has 0 aromatic heterocycles. The van der Waals surface area contributed by atoms with E-state index in [1.807, 2.05) is 18.2 Å². The maximum atomic E-state index is 12.3. The summed E-state index contributed by atoms with van der Waals surface area (Å²) in [5.41, 5.74) is 1.48. The molecule has 2 aromatic carbocycles. The van der Waals surface area contributed by atoms with Gasteiger partial charge in [-0.25, -0.2) is 0 Å². The van der Waals surface area contributed by atoms with Crippen molar-refractivity contribution in [3.63, 3.8) is 0 Å². The molecule has 0 spiro atoms. The SMILES string of the molecule is COc1ccc(Cl)cc1N(CC(=O)NCCc1cccc(Cl)c1)C(C)=O. The van der Waals surface area contributed by atoms with Crippen LogP contribution in [-0.4, -0.2) is 32.0 Å². The fourth-order valence-electron chi connectivity index (χ4n) is 2.48. The highest BCUT2D eigenvalue weighted by atomic mass is 35.5. The largest absolute Gasteiger partial charge is 0.495 e. The van der Waals surface area contributed by atoms with Crippen LogP contribution in [0, 0.1) is 0 Å². The van der Waals surface area contributed by atoms with Gasteiger partial charge in [0.15, 0.2) is 0 Å². The Kier molecular flexibility index (Phi) is 7.30. The van der Waals surface area contributed by atoms with Gasteiger partial charge in [0.05, 0.1) is 12.8 Å². The molecule has 5 nitrogen and oxygen atoms in total. The van der Waals surface area contributed by atoms with Crippen LogP contribution in [0.3, 0.4) is 0 Å². The first kappa shape index (κ1) is 20.1. The number of anilines is 1. The van der Waals surface area contributed by atoms with E-state index in [0.29, 0.717) is 34.4 Å². The molecule has 0 saturated heterocycles. The molecule has 0 atom stereocenters. The normalized spacial score (nSPS) is 10.3. The van der Waals surface area contributed by atoms with Crippen molar-refractivity contribution < 1.29 is 14.3 Å². The van der Waals surface area contributed by atoms with Gasteiger partial charge in [-0.05, 0) is 42.3 Å². The van der Waals surface area contributed by atoms with Crippen LogP contribution in [0.4, 0.5) is 5.69 Å². The minimum Gasteiger partial charge on any atom is -0.495 e. The van der Waals surface area contributed by atoms with Gasteiger partial charge in [-0.1, -0.05) is 35.3 Å². The van der Waals surface area contributed by atoms with E-state index >= 15 is 0 Å². The van der Waals surface area contributed by atoms with Crippen LogP contribution in [0.1, 0.15) is 12.5 Å². The summed E-state index contributed by atoms with van der Waals surface area (Å²) < 4.78 is 5.27. The Hall–Kier alpha value is -2.24.